The number of nitrogens with one attached hydrogen (secondary N) is 4. The molecule has 0 bridgehead atoms. The van der Waals surface area contributed by atoms with Crippen molar-refractivity contribution in [1.82, 2.24) is 35.0 Å². The normalized spacial score (nSPS) is 19.6. The van der Waals surface area contributed by atoms with Crippen molar-refractivity contribution in [3.05, 3.63) is 154 Å². The van der Waals surface area contributed by atoms with E-state index in [9.17, 15) is 58.7 Å². The molecular formula is C74H88ClF4N9O10S4. The second kappa shape index (κ2) is 31.3. The Balaban J connectivity index is 0.706. The van der Waals surface area contributed by atoms with Crippen LogP contribution in [0.15, 0.2) is 141 Å². The molecule has 3 saturated heterocycles. The molecule has 6 aromatic rings. The van der Waals surface area contributed by atoms with Gasteiger partial charge in [0.25, 0.3) is 31.7 Å². The average molecular weight is 1500 g/mol. The van der Waals surface area contributed by atoms with Gasteiger partial charge in [-0.15, -0.1) is 23.1 Å². The number of hydrogen-bond donors (Lipinski definition) is 5. The van der Waals surface area contributed by atoms with Gasteiger partial charge in [0.05, 0.1) is 39.4 Å². The molecule has 11 rings (SSSR count). The second-order valence-electron chi connectivity index (χ2n) is 29.2. The highest BCUT2D eigenvalue weighted by molar-refractivity contribution is 7.99. The topological polar surface area (TPSA) is 240 Å². The predicted octanol–water partition coefficient (Wildman–Crippen LogP) is 11.9. The fourth-order valence-corrected chi connectivity index (χ4v) is 17.6. The number of piperazine rings is 1. The summed E-state index contributed by atoms with van der Waals surface area (Å²) >= 11 is 9.09. The van der Waals surface area contributed by atoms with Crippen LogP contribution >= 0.6 is 34.7 Å². The van der Waals surface area contributed by atoms with E-state index in [2.05, 4.69) is 61.6 Å². The van der Waals surface area contributed by atoms with Crippen LogP contribution in [0.1, 0.15) is 113 Å². The number of carbonyl (C=O) groups excluding carboxylic acids is 4. The number of β-amino-alcohol motifs (C(OH)–C–C–N with tert-alkyl or cyclic N) is 1. The Bertz CT molecular complexity index is 4300. The first-order valence-corrected chi connectivity index (χ1v) is 39.6. The fraction of sp³-hybridized carbons (Fsp3) is 0.473. The zero-order valence-electron chi connectivity index (χ0n) is 58.0. The Kier molecular flexibility index (Phi) is 23.3. The lowest BCUT2D eigenvalue weighted by molar-refractivity contribution is -0.145. The lowest BCUT2D eigenvalue weighted by Crippen LogP contribution is -2.59. The van der Waals surface area contributed by atoms with E-state index in [1.165, 1.54) is 56.8 Å². The van der Waals surface area contributed by atoms with Crippen LogP contribution in [-0.2, 0) is 40.8 Å². The van der Waals surface area contributed by atoms with Gasteiger partial charge in [-0.25, -0.2) is 30.9 Å². The second-order valence-corrected chi connectivity index (χ2v) is 35.2. The number of aryl methyl sites for hydroxylation is 1. The van der Waals surface area contributed by atoms with E-state index >= 15 is 0 Å². The number of alkyl halides is 4. The minimum atomic E-state index is -6.18. The molecule has 0 spiro atoms. The molecule has 548 valence electrons. The van der Waals surface area contributed by atoms with E-state index in [0.29, 0.717) is 68.0 Å². The van der Waals surface area contributed by atoms with Crippen LogP contribution < -0.4 is 30.3 Å². The number of aliphatic hydroxyl groups is 1. The molecule has 2 aliphatic carbocycles. The summed E-state index contributed by atoms with van der Waals surface area (Å²) < 4.78 is 122. The number of thiazole rings is 1. The summed E-state index contributed by atoms with van der Waals surface area (Å²) in [4.78, 5) is 66.6. The van der Waals surface area contributed by atoms with Crippen LogP contribution in [0.4, 0.5) is 28.9 Å². The van der Waals surface area contributed by atoms with Crippen molar-refractivity contribution in [3.63, 3.8) is 0 Å². The van der Waals surface area contributed by atoms with E-state index in [1.54, 1.807) is 38.4 Å². The molecule has 5 N–H and O–H groups in total. The van der Waals surface area contributed by atoms with Gasteiger partial charge in [0.15, 0.2) is 5.67 Å². The van der Waals surface area contributed by atoms with Crippen LogP contribution in [0.3, 0.4) is 0 Å². The maximum Gasteiger partial charge on any atom is 0.501 e. The highest BCUT2D eigenvalue weighted by Gasteiger charge is 2.54. The maximum absolute atomic E-state index is 14.8. The first kappa shape index (κ1) is 76.0. The molecule has 28 heteroatoms. The van der Waals surface area contributed by atoms with E-state index in [4.69, 9.17) is 16.3 Å². The van der Waals surface area contributed by atoms with E-state index < -0.39 is 99.8 Å². The number of carbonyl (C=O) groups is 4. The summed E-state index contributed by atoms with van der Waals surface area (Å²) in [5, 5.41) is 20.0. The van der Waals surface area contributed by atoms with Gasteiger partial charge >= 0.3 is 5.51 Å². The number of nitrogens with zero attached hydrogens (tertiary/aromatic N) is 5. The summed E-state index contributed by atoms with van der Waals surface area (Å²) in [7, 11) is -11.1. The van der Waals surface area contributed by atoms with Crippen LogP contribution in [0.2, 0.25) is 5.02 Å². The molecule has 4 fully saturated rings. The van der Waals surface area contributed by atoms with Gasteiger partial charge in [-0.3, -0.25) is 24.1 Å². The molecule has 19 nitrogen and oxygen atoms in total. The third-order valence-corrected chi connectivity index (χ3v) is 25.0. The predicted molar refractivity (Wildman–Crippen MR) is 389 cm³/mol. The van der Waals surface area contributed by atoms with Crippen molar-refractivity contribution in [2.24, 2.45) is 16.7 Å². The first-order chi connectivity index (χ1) is 48.2. The van der Waals surface area contributed by atoms with Crippen molar-refractivity contribution < 1.29 is 63.4 Å². The minimum absolute atomic E-state index is 0.00265. The molecule has 5 aliphatic rings. The summed E-state index contributed by atoms with van der Waals surface area (Å²) in [6, 6.07) is 28.7. The summed E-state index contributed by atoms with van der Waals surface area (Å²) in [5.74, 6) is -2.13. The van der Waals surface area contributed by atoms with Crippen molar-refractivity contribution in [2.75, 3.05) is 81.5 Å². The Morgan fingerprint density at radius 3 is 2.21 bits per heavy atom. The highest BCUT2D eigenvalue weighted by atomic mass is 35.5. The Hall–Kier alpha value is -7.11. The van der Waals surface area contributed by atoms with Crippen LogP contribution in [-0.4, -0.2) is 172 Å². The third-order valence-electron chi connectivity index (χ3n) is 19.8. The first-order valence-electron chi connectivity index (χ1n) is 34.4. The Morgan fingerprint density at radius 2 is 1.55 bits per heavy atom. The lowest BCUT2D eigenvalue weighted by Gasteiger charge is -2.40. The molecule has 102 heavy (non-hydrogen) atoms. The number of aromatic nitrogens is 1. The monoisotopic (exact) mass is 1500 g/mol. The minimum Gasteiger partial charge on any atom is -0.493 e. The quantitative estimate of drug-likeness (QED) is 0.0238. The van der Waals surface area contributed by atoms with Crippen molar-refractivity contribution in [2.45, 2.75) is 150 Å². The third kappa shape index (κ3) is 18.5. The average Bonchev–Trinajstić information content (AvgIpc) is 0.822. The number of halogens is 5. The van der Waals surface area contributed by atoms with Gasteiger partial charge < -0.3 is 40.5 Å². The molecule has 4 amide bonds. The van der Waals surface area contributed by atoms with Crippen molar-refractivity contribution in [1.29, 1.82) is 0 Å². The van der Waals surface area contributed by atoms with Gasteiger partial charge in [0.1, 0.15) is 22.7 Å². The highest BCUT2D eigenvalue weighted by Crippen LogP contribution is 2.44. The molecule has 4 heterocycles. The van der Waals surface area contributed by atoms with Crippen LogP contribution in [0.5, 0.6) is 5.75 Å². The van der Waals surface area contributed by atoms with Gasteiger partial charge in [-0.05, 0) is 158 Å². The van der Waals surface area contributed by atoms with Gasteiger partial charge in [-0.2, -0.15) is 13.2 Å². The van der Waals surface area contributed by atoms with Crippen molar-refractivity contribution >= 4 is 95.1 Å². The number of allylic oxidation sites excluding steroid dienone is 1. The zero-order chi connectivity index (χ0) is 73.1. The zero-order valence-corrected chi connectivity index (χ0v) is 62.0. The largest absolute Gasteiger partial charge is 0.501 e. The fourth-order valence-electron chi connectivity index (χ4n) is 13.6. The van der Waals surface area contributed by atoms with Gasteiger partial charge in [0.2, 0.25) is 11.8 Å². The van der Waals surface area contributed by atoms with E-state index in [0.717, 1.165) is 77.7 Å². The molecule has 0 radical (unpaired) electrons. The molecular weight excluding hydrogens is 1410 g/mol. The number of sulfone groups is 1. The summed E-state index contributed by atoms with van der Waals surface area (Å²) in [6.45, 7) is 17.4. The number of likely N-dealkylation sites (tertiary alicyclic amines) is 2. The molecule has 5 aromatic carbocycles. The number of rotatable bonds is 27. The van der Waals surface area contributed by atoms with E-state index in [-0.39, 0.29) is 61.6 Å². The molecule has 1 aromatic heterocycles. The Morgan fingerprint density at radius 1 is 0.853 bits per heavy atom. The number of anilines is 2. The molecule has 3 aliphatic heterocycles. The van der Waals surface area contributed by atoms with Gasteiger partial charge in [-0.1, -0.05) is 94.3 Å². The smallest absolute Gasteiger partial charge is 0.493 e. The lowest BCUT2D eigenvalue weighted by atomic mass is 9.73. The van der Waals surface area contributed by atoms with Crippen LogP contribution in [0.25, 0.3) is 16.0 Å². The summed E-state index contributed by atoms with van der Waals surface area (Å²) in [6.07, 6.45) is 3.09. The van der Waals surface area contributed by atoms with Gasteiger partial charge in [0, 0.05) is 110 Å². The number of thioether (sulfide) groups is 1. The number of aliphatic hydroxyl groups excluding tert-OH is 1. The van der Waals surface area contributed by atoms with E-state index in [1.807, 2.05) is 72.3 Å². The van der Waals surface area contributed by atoms with Crippen LogP contribution in [0, 0.1) is 23.7 Å². The summed E-state index contributed by atoms with van der Waals surface area (Å²) in [5.41, 5.74) is -0.179. The number of benzene rings is 5. The molecule has 1 saturated carbocycles. The molecule has 0 unspecified atom stereocenters. The number of amides is 4. The standard InChI is InChI=1S/C74H88ClF4N9O10S4/c1-47-65(100-46-81-47)51-12-13-52(40-80-68(91)62-37-57(89)44-88(62)69(92)66(71(2,3)4)83-70(93)73(76)28-29-73)63(36-51)98-35-26-48-41-86(42-48)30-25-55(45-99-58-10-8-7-9-11-58)82-61-23-22-59(38-64(61)101(94,95)74(77,78)79)102(96,97)84-67(90)50-16-20-56(21-17-50)87-33-31-85(32-34-87)43-53-39-72(5,6)27-24-60(53)49-14-18-54(75)19-15-49/h7-23,36,38,46,48,55,57,62,66,82,89H,24-35,37,39-45H2,1-6H3,(H,80,91)(H,83,93)(H,84,90)/t55-,57-,62+,66-/m1/s1. The Labute approximate surface area is 607 Å². The maximum atomic E-state index is 14.8. The SMILES string of the molecule is Cc1ncsc1-c1ccc(CNC(=O)[C@@H]2C[C@@H](O)CN2C(=O)[C@@H](NC(=O)C2(F)CC2)C(C)(C)C)c(OCCC2CN(CC[C@H](CSc3ccccc3)Nc3ccc(S(=O)(=O)NC(=O)c4ccc(N5CCN(CC6=C(c7ccc(Cl)cc7)CCC(C)(C)C6)CC5)cc4)cc3S(=O)(=O)C(F)(F)F)C2)c1. The van der Waals surface area contributed by atoms with Crippen molar-refractivity contribution in [3.8, 4) is 16.2 Å². The number of hydrogen-bond acceptors (Lipinski definition) is 17. The molecule has 4 atom stereocenters. The number of sulfonamides is 1. The number of ether oxygens (including phenoxy) is 1.